The number of nitrogens with one attached hydrogen (secondary N) is 2. The van der Waals surface area contributed by atoms with Crippen molar-refractivity contribution in [2.75, 3.05) is 74.3 Å². The smallest absolute Gasteiger partial charge is 0.243 e. The molecule has 8 nitrogen and oxygen atoms in total. The maximum absolute atomic E-state index is 11.7. The van der Waals surface area contributed by atoms with Crippen molar-refractivity contribution in [2.45, 2.75) is 18.9 Å². The van der Waals surface area contributed by atoms with Gasteiger partial charge in [0.25, 0.3) is 0 Å². The average Bonchev–Trinajstić information content (AvgIpc) is 2.58. The predicted octanol–water partition coefficient (Wildman–Crippen LogP) is -0.633. The van der Waals surface area contributed by atoms with Crippen LogP contribution < -0.4 is 10.6 Å². The van der Waals surface area contributed by atoms with Gasteiger partial charge in [-0.3, -0.25) is 4.79 Å². The van der Waals surface area contributed by atoms with E-state index < -0.39 is 0 Å². The molecule has 24 heavy (non-hydrogen) atoms. The Labute approximate surface area is 145 Å². The Bertz CT molecular complexity index is 382. The van der Waals surface area contributed by atoms with Gasteiger partial charge < -0.3 is 29.9 Å². The first kappa shape index (κ1) is 20.7. The fourth-order valence-corrected chi connectivity index (χ4v) is 2.43. The van der Waals surface area contributed by atoms with Crippen LogP contribution >= 0.6 is 0 Å². The van der Waals surface area contributed by atoms with Gasteiger partial charge >= 0.3 is 0 Å². The SMILES string of the molecule is COCCNC(=NCC(=O)N(C)C)NC1CCN(CCOC)CC1. The molecule has 0 aromatic rings. The summed E-state index contributed by atoms with van der Waals surface area (Å²) in [5, 5.41) is 6.66. The number of nitrogens with zero attached hydrogens (tertiary/aromatic N) is 3. The number of likely N-dealkylation sites (N-methyl/N-ethyl adjacent to an activating group) is 1. The van der Waals surface area contributed by atoms with Crippen LogP contribution in [0.25, 0.3) is 0 Å². The molecule has 1 saturated heterocycles. The van der Waals surface area contributed by atoms with Crippen molar-refractivity contribution in [2.24, 2.45) is 4.99 Å². The van der Waals surface area contributed by atoms with E-state index in [0.29, 0.717) is 25.2 Å². The molecule has 0 radical (unpaired) electrons. The molecule has 8 heteroatoms. The third-order valence-corrected chi connectivity index (χ3v) is 4.01. The van der Waals surface area contributed by atoms with Gasteiger partial charge in [0, 0.05) is 60.5 Å². The highest BCUT2D eigenvalue weighted by Gasteiger charge is 2.19. The van der Waals surface area contributed by atoms with Gasteiger partial charge in [0.15, 0.2) is 5.96 Å². The molecule has 0 aliphatic carbocycles. The number of carbonyl (C=O) groups is 1. The summed E-state index contributed by atoms with van der Waals surface area (Å²) >= 11 is 0. The largest absolute Gasteiger partial charge is 0.383 e. The van der Waals surface area contributed by atoms with Crippen LogP contribution in [0.2, 0.25) is 0 Å². The first-order valence-corrected chi connectivity index (χ1v) is 8.52. The number of amides is 1. The van der Waals surface area contributed by atoms with Crippen molar-refractivity contribution >= 4 is 11.9 Å². The fourth-order valence-electron chi connectivity index (χ4n) is 2.43. The van der Waals surface area contributed by atoms with Crippen molar-refractivity contribution < 1.29 is 14.3 Å². The number of ether oxygens (including phenoxy) is 2. The Morgan fingerprint density at radius 3 is 2.46 bits per heavy atom. The van der Waals surface area contributed by atoms with Crippen LogP contribution in [-0.2, 0) is 14.3 Å². The van der Waals surface area contributed by atoms with E-state index in [1.165, 1.54) is 0 Å². The molecule has 0 atom stereocenters. The lowest BCUT2D eigenvalue weighted by Gasteiger charge is -2.32. The fraction of sp³-hybridized carbons (Fsp3) is 0.875. The van der Waals surface area contributed by atoms with Crippen LogP contribution in [-0.4, -0.2) is 102 Å². The van der Waals surface area contributed by atoms with E-state index in [2.05, 4.69) is 20.5 Å². The third-order valence-electron chi connectivity index (χ3n) is 4.01. The first-order chi connectivity index (χ1) is 11.6. The van der Waals surface area contributed by atoms with Crippen molar-refractivity contribution in [3.63, 3.8) is 0 Å². The van der Waals surface area contributed by atoms with Gasteiger partial charge in [0.2, 0.25) is 5.91 Å². The number of methoxy groups -OCH3 is 2. The van der Waals surface area contributed by atoms with E-state index in [1.54, 1.807) is 33.2 Å². The Kier molecular flexibility index (Phi) is 10.4. The molecule has 140 valence electrons. The van der Waals surface area contributed by atoms with Gasteiger partial charge in [-0.05, 0) is 12.8 Å². The van der Waals surface area contributed by atoms with E-state index in [-0.39, 0.29) is 12.5 Å². The minimum absolute atomic E-state index is 0.0165. The van der Waals surface area contributed by atoms with Crippen LogP contribution in [0, 0.1) is 0 Å². The zero-order valence-corrected chi connectivity index (χ0v) is 15.5. The maximum atomic E-state index is 11.7. The van der Waals surface area contributed by atoms with E-state index in [0.717, 1.165) is 39.1 Å². The van der Waals surface area contributed by atoms with E-state index in [9.17, 15) is 4.79 Å². The minimum Gasteiger partial charge on any atom is -0.383 e. The highest BCUT2D eigenvalue weighted by Crippen LogP contribution is 2.09. The zero-order chi connectivity index (χ0) is 17.8. The number of piperidine rings is 1. The number of guanidine groups is 1. The van der Waals surface area contributed by atoms with Crippen LogP contribution in [0.3, 0.4) is 0 Å². The van der Waals surface area contributed by atoms with E-state index in [1.807, 2.05) is 0 Å². The molecule has 2 N–H and O–H groups in total. The molecule has 0 unspecified atom stereocenters. The lowest BCUT2D eigenvalue weighted by atomic mass is 10.1. The molecule has 1 aliphatic heterocycles. The summed E-state index contributed by atoms with van der Waals surface area (Å²) in [4.78, 5) is 20.1. The van der Waals surface area contributed by atoms with E-state index in [4.69, 9.17) is 9.47 Å². The van der Waals surface area contributed by atoms with Crippen molar-refractivity contribution in [3.8, 4) is 0 Å². The van der Waals surface area contributed by atoms with Crippen LogP contribution in [0.15, 0.2) is 4.99 Å². The monoisotopic (exact) mass is 343 g/mol. The zero-order valence-electron chi connectivity index (χ0n) is 15.5. The first-order valence-electron chi connectivity index (χ1n) is 8.52. The van der Waals surface area contributed by atoms with Crippen molar-refractivity contribution in [1.82, 2.24) is 20.4 Å². The summed E-state index contributed by atoms with van der Waals surface area (Å²) in [6, 6.07) is 0.368. The average molecular weight is 343 g/mol. The van der Waals surface area contributed by atoms with Gasteiger partial charge in [0.1, 0.15) is 6.54 Å². The summed E-state index contributed by atoms with van der Waals surface area (Å²) in [5.41, 5.74) is 0. The van der Waals surface area contributed by atoms with Crippen molar-refractivity contribution in [3.05, 3.63) is 0 Å². The molecule has 1 aliphatic rings. The summed E-state index contributed by atoms with van der Waals surface area (Å²) < 4.78 is 10.2. The van der Waals surface area contributed by atoms with Gasteiger partial charge in [-0.2, -0.15) is 0 Å². The van der Waals surface area contributed by atoms with E-state index >= 15 is 0 Å². The molecule has 1 heterocycles. The Hall–Kier alpha value is -1.38. The molecule has 0 bridgehead atoms. The second-order valence-electron chi connectivity index (χ2n) is 6.13. The normalized spacial score (nSPS) is 16.9. The third kappa shape index (κ3) is 8.47. The minimum atomic E-state index is -0.0165. The number of rotatable bonds is 9. The van der Waals surface area contributed by atoms with Crippen LogP contribution in [0.4, 0.5) is 0 Å². The summed E-state index contributed by atoms with van der Waals surface area (Å²) in [5.74, 6) is 0.662. The molecule has 0 aromatic carbocycles. The standard InChI is InChI=1S/C16H33N5O3/c1-20(2)15(22)13-18-16(17-7-11-23-3)19-14-5-8-21(9-6-14)10-12-24-4/h14H,5-13H2,1-4H3,(H2,17,18,19). The lowest BCUT2D eigenvalue weighted by Crippen LogP contribution is -2.49. The number of aliphatic imine (C=N–C) groups is 1. The maximum Gasteiger partial charge on any atom is 0.243 e. The van der Waals surface area contributed by atoms with Crippen LogP contribution in [0.1, 0.15) is 12.8 Å². The number of likely N-dealkylation sites (tertiary alicyclic amines) is 1. The van der Waals surface area contributed by atoms with Gasteiger partial charge in [-0.1, -0.05) is 0 Å². The summed E-state index contributed by atoms with van der Waals surface area (Å²) in [6.07, 6.45) is 2.10. The number of hydrogen-bond donors (Lipinski definition) is 2. The number of hydrogen-bond acceptors (Lipinski definition) is 5. The second-order valence-corrected chi connectivity index (χ2v) is 6.13. The highest BCUT2D eigenvalue weighted by molar-refractivity contribution is 5.84. The molecule has 1 fully saturated rings. The lowest BCUT2D eigenvalue weighted by molar-refractivity contribution is -0.127. The molecule has 0 aromatic heterocycles. The van der Waals surface area contributed by atoms with Crippen LogP contribution in [0.5, 0.6) is 0 Å². The molecule has 0 spiro atoms. The Balaban J connectivity index is 2.46. The van der Waals surface area contributed by atoms with Gasteiger partial charge in [-0.25, -0.2) is 4.99 Å². The Morgan fingerprint density at radius 2 is 1.88 bits per heavy atom. The molecular formula is C16H33N5O3. The predicted molar refractivity (Wildman–Crippen MR) is 95.3 cm³/mol. The molecule has 1 amide bonds. The molecular weight excluding hydrogens is 310 g/mol. The highest BCUT2D eigenvalue weighted by atomic mass is 16.5. The summed E-state index contributed by atoms with van der Waals surface area (Å²) in [7, 11) is 6.87. The van der Waals surface area contributed by atoms with Gasteiger partial charge in [0.05, 0.1) is 13.2 Å². The summed E-state index contributed by atoms with van der Waals surface area (Å²) in [6.45, 7) is 5.24. The van der Waals surface area contributed by atoms with Crippen molar-refractivity contribution in [1.29, 1.82) is 0 Å². The number of carbonyl (C=O) groups excluding carboxylic acids is 1. The second kappa shape index (κ2) is 12.0. The topological polar surface area (TPSA) is 78.4 Å². The van der Waals surface area contributed by atoms with Gasteiger partial charge in [-0.15, -0.1) is 0 Å². The quantitative estimate of drug-likeness (QED) is 0.330. The Morgan fingerprint density at radius 1 is 1.21 bits per heavy atom. The molecule has 0 saturated carbocycles. The molecule has 1 rings (SSSR count).